The summed E-state index contributed by atoms with van der Waals surface area (Å²) in [5.41, 5.74) is 0. The van der Waals surface area contributed by atoms with Crippen LogP contribution < -0.4 is 5.32 Å². The van der Waals surface area contributed by atoms with Crippen molar-refractivity contribution in [3.63, 3.8) is 0 Å². The first kappa shape index (κ1) is 16.5. The molecule has 0 fully saturated rings. The van der Waals surface area contributed by atoms with Gasteiger partial charge in [-0.25, -0.2) is 0 Å². The minimum absolute atomic E-state index is 0.0216. The zero-order chi connectivity index (χ0) is 14.1. The summed E-state index contributed by atoms with van der Waals surface area (Å²) < 4.78 is 0. The summed E-state index contributed by atoms with van der Waals surface area (Å²) in [5, 5.41) is 38.8. The quantitative estimate of drug-likeness (QED) is 0.236. The van der Waals surface area contributed by atoms with Crippen molar-refractivity contribution in [2.75, 3.05) is 6.61 Å². The molecule has 0 spiro atoms. The molecule has 0 bridgehead atoms. The summed E-state index contributed by atoms with van der Waals surface area (Å²) in [6.07, 6.45) is 0.257. The Morgan fingerprint density at radius 1 is 1.33 bits per heavy atom. The Labute approximate surface area is 104 Å². The Balaban J connectivity index is 4.44. The maximum absolute atomic E-state index is 11.3. The molecule has 4 unspecified atom stereocenters. The molecule has 5 N–H and O–H groups in total. The zero-order valence-electron chi connectivity index (χ0n) is 9.69. The number of aliphatic hydroxyl groups is 4. The van der Waals surface area contributed by atoms with Crippen LogP contribution in [0.25, 0.3) is 0 Å². The summed E-state index contributed by atoms with van der Waals surface area (Å²) in [6, 6.07) is -1.38. The molecule has 0 saturated heterocycles. The van der Waals surface area contributed by atoms with Crippen LogP contribution in [0.4, 0.5) is 0 Å². The van der Waals surface area contributed by atoms with Gasteiger partial charge < -0.3 is 30.5 Å². The van der Waals surface area contributed by atoms with Crippen LogP contribution in [0.15, 0.2) is 0 Å². The number of aldehydes is 1. The van der Waals surface area contributed by atoms with E-state index in [0.717, 1.165) is 0 Å². The summed E-state index contributed by atoms with van der Waals surface area (Å²) in [5.74, 6) is 1.67. The van der Waals surface area contributed by atoms with Gasteiger partial charge in [-0.2, -0.15) is 0 Å². The first-order valence-electron chi connectivity index (χ1n) is 5.31. The fraction of sp³-hybridized carbons (Fsp3) is 0.636. The Morgan fingerprint density at radius 3 is 2.39 bits per heavy atom. The van der Waals surface area contributed by atoms with Crippen molar-refractivity contribution in [2.24, 2.45) is 0 Å². The van der Waals surface area contributed by atoms with Gasteiger partial charge in [0.05, 0.1) is 6.61 Å². The highest BCUT2D eigenvalue weighted by Crippen LogP contribution is 2.04. The van der Waals surface area contributed by atoms with Crippen LogP contribution >= 0.6 is 0 Å². The van der Waals surface area contributed by atoms with Gasteiger partial charge >= 0.3 is 0 Å². The van der Waals surface area contributed by atoms with Gasteiger partial charge in [0, 0.05) is 12.8 Å². The predicted octanol–water partition coefficient (Wildman–Crippen LogP) is -2.84. The Bertz CT molecular complexity index is 313. The molecule has 0 rings (SSSR count). The number of amides is 1. The van der Waals surface area contributed by atoms with E-state index >= 15 is 0 Å². The number of hydrogen-bond donors (Lipinski definition) is 5. The van der Waals surface area contributed by atoms with E-state index in [1.54, 1.807) is 0 Å². The highest BCUT2D eigenvalue weighted by molar-refractivity contribution is 5.80. The van der Waals surface area contributed by atoms with E-state index in [1.807, 2.05) is 0 Å². The Hall–Kier alpha value is -1.46. The first-order valence-corrected chi connectivity index (χ1v) is 5.31. The van der Waals surface area contributed by atoms with E-state index in [9.17, 15) is 19.8 Å². The standard InChI is InChI=1S/C11H17NO6/c1-2-3-4-9(16)12-7(5-13)10(17)11(18)8(15)6-14/h1,5,7-8,10-11,14-15,17-18H,3-4,6H2,(H,12,16). The number of nitrogens with one attached hydrogen (secondary N) is 1. The minimum Gasteiger partial charge on any atom is -0.394 e. The molecular weight excluding hydrogens is 242 g/mol. The second-order valence-electron chi connectivity index (χ2n) is 3.66. The maximum Gasteiger partial charge on any atom is 0.221 e. The van der Waals surface area contributed by atoms with E-state index in [2.05, 4.69) is 11.2 Å². The molecule has 0 saturated carbocycles. The summed E-state index contributed by atoms with van der Waals surface area (Å²) in [7, 11) is 0. The molecule has 0 aliphatic heterocycles. The molecule has 0 heterocycles. The van der Waals surface area contributed by atoms with Crippen LogP contribution in [0.3, 0.4) is 0 Å². The van der Waals surface area contributed by atoms with Crippen molar-refractivity contribution in [3.8, 4) is 12.3 Å². The van der Waals surface area contributed by atoms with E-state index in [1.165, 1.54) is 0 Å². The molecule has 1 amide bonds. The topological polar surface area (TPSA) is 127 Å². The molecule has 7 nitrogen and oxygen atoms in total. The minimum atomic E-state index is -1.75. The van der Waals surface area contributed by atoms with E-state index in [-0.39, 0.29) is 19.1 Å². The third kappa shape index (κ3) is 5.25. The fourth-order valence-corrected chi connectivity index (χ4v) is 1.19. The molecule has 0 aromatic carbocycles. The van der Waals surface area contributed by atoms with Crippen molar-refractivity contribution in [1.29, 1.82) is 0 Å². The average Bonchev–Trinajstić information content (AvgIpc) is 2.39. The molecule has 0 aromatic heterocycles. The van der Waals surface area contributed by atoms with Crippen molar-refractivity contribution in [2.45, 2.75) is 37.2 Å². The number of terminal acetylenes is 1. The lowest BCUT2D eigenvalue weighted by molar-refractivity contribution is -0.130. The lowest BCUT2D eigenvalue weighted by Crippen LogP contribution is -2.53. The third-order valence-corrected chi connectivity index (χ3v) is 2.27. The molecule has 18 heavy (non-hydrogen) atoms. The first-order chi connectivity index (χ1) is 8.47. The lowest BCUT2D eigenvalue weighted by atomic mass is 10.0. The van der Waals surface area contributed by atoms with Gasteiger partial charge in [-0.1, -0.05) is 0 Å². The van der Waals surface area contributed by atoms with Crippen molar-refractivity contribution >= 4 is 12.2 Å². The van der Waals surface area contributed by atoms with E-state index in [0.29, 0.717) is 0 Å². The van der Waals surface area contributed by atoms with Gasteiger partial charge in [0.1, 0.15) is 30.6 Å². The van der Waals surface area contributed by atoms with Gasteiger partial charge in [0.25, 0.3) is 0 Å². The summed E-state index contributed by atoms with van der Waals surface area (Å²) >= 11 is 0. The molecular formula is C11H17NO6. The highest BCUT2D eigenvalue weighted by atomic mass is 16.4. The molecule has 0 aliphatic rings. The zero-order valence-corrected chi connectivity index (χ0v) is 9.69. The number of rotatable bonds is 8. The SMILES string of the molecule is C#CCCC(=O)NC(C=O)C(O)C(O)C(O)CO. The van der Waals surface area contributed by atoms with Crippen molar-refractivity contribution in [3.05, 3.63) is 0 Å². The van der Waals surface area contributed by atoms with Gasteiger partial charge in [0.2, 0.25) is 5.91 Å². The van der Waals surface area contributed by atoms with Crippen molar-refractivity contribution in [1.82, 2.24) is 5.32 Å². The van der Waals surface area contributed by atoms with E-state index < -0.39 is 36.9 Å². The van der Waals surface area contributed by atoms with Crippen LogP contribution in [0.2, 0.25) is 0 Å². The van der Waals surface area contributed by atoms with Crippen molar-refractivity contribution < 1.29 is 30.0 Å². The van der Waals surface area contributed by atoms with E-state index in [4.69, 9.17) is 16.6 Å². The van der Waals surface area contributed by atoms with Crippen LogP contribution in [-0.4, -0.2) is 63.6 Å². The average molecular weight is 259 g/mol. The molecule has 4 atom stereocenters. The fourth-order valence-electron chi connectivity index (χ4n) is 1.19. The second-order valence-corrected chi connectivity index (χ2v) is 3.66. The molecule has 0 aromatic rings. The molecule has 0 aliphatic carbocycles. The van der Waals surface area contributed by atoms with Gasteiger partial charge in [-0.05, 0) is 0 Å². The normalized spacial score (nSPS) is 17.1. The molecule has 102 valence electrons. The number of hydrogen-bond acceptors (Lipinski definition) is 6. The number of aliphatic hydroxyl groups excluding tert-OH is 4. The predicted molar refractivity (Wildman–Crippen MR) is 61.2 cm³/mol. The Morgan fingerprint density at radius 2 is 1.94 bits per heavy atom. The van der Waals surface area contributed by atoms with Crippen LogP contribution in [-0.2, 0) is 9.59 Å². The third-order valence-electron chi connectivity index (χ3n) is 2.27. The van der Waals surface area contributed by atoms with Crippen LogP contribution in [0.5, 0.6) is 0 Å². The summed E-state index contributed by atoms with van der Waals surface area (Å²) in [4.78, 5) is 22.0. The largest absolute Gasteiger partial charge is 0.394 e. The van der Waals surface area contributed by atoms with Gasteiger partial charge in [-0.3, -0.25) is 4.79 Å². The van der Waals surface area contributed by atoms with Crippen LogP contribution in [0, 0.1) is 12.3 Å². The Kier molecular flexibility index (Phi) is 7.91. The maximum atomic E-state index is 11.3. The molecule has 7 heteroatoms. The smallest absolute Gasteiger partial charge is 0.221 e. The molecule has 0 radical (unpaired) electrons. The number of carbonyl (C=O) groups is 2. The lowest BCUT2D eigenvalue weighted by Gasteiger charge is -2.26. The van der Waals surface area contributed by atoms with Crippen LogP contribution in [0.1, 0.15) is 12.8 Å². The number of carbonyl (C=O) groups excluding carboxylic acids is 2. The van der Waals surface area contributed by atoms with Gasteiger partial charge in [0.15, 0.2) is 0 Å². The summed E-state index contributed by atoms with van der Waals surface area (Å²) in [6.45, 7) is -0.783. The highest BCUT2D eigenvalue weighted by Gasteiger charge is 2.31. The second kappa shape index (κ2) is 8.60. The van der Waals surface area contributed by atoms with Gasteiger partial charge in [-0.15, -0.1) is 12.3 Å². The monoisotopic (exact) mass is 259 g/mol.